The molecule has 0 aliphatic rings. The Labute approximate surface area is 80.7 Å². The highest BCUT2D eigenvalue weighted by molar-refractivity contribution is 8.14. The van der Waals surface area contributed by atoms with Gasteiger partial charge in [0.1, 0.15) is 5.82 Å². The summed E-state index contributed by atoms with van der Waals surface area (Å²) in [4.78, 5) is 11.8. The van der Waals surface area contributed by atoms with Gasteiger partial charge in [-0.05, 0) is 49.0 Å². The third-order valence-electron chi connectivity index (χ3n) is 1.33. The highest BCUT2D eigenvalue weighted by atomic mass is 32.2. The fraction of sp³-hybridized carbons (Fsp3) is 0.100. The first-order chi connectivity index (χ1) is 6.22. The van der Waals surface area contributed by atoms with Crippen molar-refractivity contribution < 1.29 is 9.18 Å². The number of rotatable bonds is 2. The summed E-state index contributed by atoms with van der Waals surface area (Å²) in [5.74, 6) is -0.289. The van der Waals surface area contributed by atoms with Crippen molar-refractivity contribution in [3.05, 3.63) is 42.2 Å². The molecule has 0 spiro atoms. The van der Waals surface area contributed by atoms with Crippen molar-refractivity contribution in [1.82, 2.24) is 0 Å². The van der Waals surface area contributed by atoms with Gasteiger partial charge < -0.3 is 0 Å². The summed E-state index contributed by atoms with van der Waals surface area (Å²) in [6.07, 6.45) is 3.16. The molecule has 0 bridgehead atoms. The number of halogens is 1. The zero-order valence-electron chi connectivity index (χ0n) is 7.16. The van der Waals surface area contributed by atoms with Crippen LogP contribution in [0.25, 0.3) is 0 Å². The van der Waals surface area contributed by atoms with Gasteiger partial charge in [-0.25, -0.2) is 4.39 Å². The van der Waals surface area contributed by atoms with Gasteiger partial charge in [0, 0.05) is 4.90 Å². The van der Waals surface area contributed by atoms with Crippen molar-refractivity contribution in [3.8, 4) is 0 Å². The normalized spacial score (nSPS) is 10.6. The van der Waals surface area contributed by atoms with Crippen LogP contribution in [0.1, 0.15) is 6.92 Å². The van der Waals surface area contributed by atoms with Crippen LogP contribution in [-0.4, -0.2) is 5.12 Å². The Morgan fingerprint density at radius 2 is 2.00 bits per heavy atom. The lowest BCUT2D eigenvalue weighted by molar-refractivity contribution is -0.107. The topological polar surface area (TPSA) is 17.1 Å². The molecule has 1 aromatic carbocycles. The van der Waals surface area contributed by atoms with E-state index in [2.05, 4.69) is 0 Å². The van der Waals surface area contributed by atoms with E-state index in [0.717, 1.165) is 16.7 Å². The maximum atomic E-state index is 12.5. The minimum absolute atomic E-state index is 0.0471. The monoisotopic (exact) mass is 196 g/mol. The van der Waals surface area contributed by atoms with E-state index < -0.39 is 0 Å². The summed E-state index contributed by atoms with van der Waals surface area (Å²) in [5, 5.41) is -0.0471. The standard InChI is InChI=1S/C10H9FOS/c1-2-3-10(12)13-9-6-4-8(11)5-7-9/h2-7H,1H3/b3-2+. The Kier molecular flexibility index (Phi) is 3.71. The number of thioether (sulfide) groups is 1. The van der Waals surface area contributed by atoms with E-state index in [1.807, 2.05) is 0 Å². The zero-order chi connectivity index (χ0) is 9.68. The molecule has 13 heavy (non-hydrogen) atoms. The first kappa shape index (κ1) is 9.99. The van der Waals surface area contributed by atoms with Gasteiger partial charge in [-0.15, -0.1) is 0 Å². The number of allylic oxidation sites excluding steroid dienone is 1. The molecule has 0 atom stereocenters. The number of hydrogen-bond acceptors (Lipinski definition) is 2. The molecule has 1 nitrogen and oxygen atoms in total. The van der Waals surface area contributed by atoms with E-state index in [1.54, 1.807) is 25.1 Å². The van der Waals surface area contributed by atoms with Gasteiger partial charge >= 0.3 is 0 Å². The Balaban J connectivity index is 2.64. The highest BCUT2D eigenvalue weighted by Gasteiger charge is 1.99. The summed E-state index contributed by atoms with van der Waals surface area (Å²) in [5.41, 5.74) is 0. The first-order valence-electron chi connectivity index (χ1n) is 3.82. The molecular weight excluding hydrogens is 187 g/mol. The molecule has 0 radical (unpaired) electrons. The number of hydrogen-bond donors (Lipinski definition) is 0. The molecule has 68 valence electrons. The molecule has 1 aromatic rings. The number of carbonyl (C=O) groups excluding carboxylic acids is 1. The van der Waals surface area contributed by atoms with Crippen molar-refractivity contribution in [2.75, 3.05) is 0 Å². The lowest BCUT2D eigenvalue weighted by Gasteiger charge is -1.95. The van der Waals surface area contributed by atoms with Gasteiger partial charge in [-0.3, -0.25) is 4.79 Å². The van der Waals surface area contributed by atoms with Crippen LogP contribution in [0.3, 0.4) is 0 Å². The van der Waals surface area contributed by atoms with E-state index in [9.17, 15) is 9.18 Å². The largest absolute Gasteiger partial charge is 0.282 e. The van der Waals surface area contributed by atoms with Crippen LogP contribution in [0.15, 0.2) is 41.3 Å². The van der Waals surface area contributed by atoms with E-state index in [1.165, 1.54) is 18.2 Å². The van der Waals surface area contributed by atoms with Crippen molar-refractivity contribution >= 4 is 16.9 Å². The fourth-order valence-electron chi connectivity index (χ4n) is 0.789. The van der Waals surface area contributed by atoms with Crippen molar-refractivity contribution in [1.29, 1.82) is 0 Å². The molecule has 0 heterocycles. The summed E-state index contributed by atoms with van der Waals surface area (Å²) in [7, 11) is 0. The van der Waals surface area contributed by atoms with Crippen molar-refractivity contribution in [2.45, 2.75) is 11.8 Å². The molecule has 0 amide bonds. The van der Waals surface area contributed by atoms with E-state index >= 15 is 0 Å². The number of carbonyl (C=O) groups is 1. The van der Waals surface area contributed by atoms with Crippen LogP contribution in [0.4, 0.5) is 4.39 Å². The summed E-state index contributed by atoms with van der Waals surface area (Å²) in [6.45, 7) is 1.78. The van der Waals surface area contributed by atoms with Crippen LogP contribution in [0.5, 0.6) is 0 Å². The van der Waals surface area contributed by atoms with Gasteiger partial charge in [0.15, 0.2) is 0 Å². The molecule has 0 N–H and O–H groups in total. The molecule has 0 aliphatic carbocycles. The predicted octanol–water partition coefficient (Wildman–Crippen LogP) is 3.02. The molecule has 0 unspecified atom stereocenters. The molecule has 3 heteroatoms. The molecule has 1 rings (SSSR count). The maximum absolute atomic E-state index is 12.5. The Bertz CT molecular complexity index is 316. The van der Waals surface area contributed by atoms with Gasteiger partial charge in [0.05, 0.1) is 0 Å². The zero-order valence-corrected chi connectivity index (χ0v) is 7.98. The van der Waals surface area contributed by atoms with E-state index in [4.69, 9.17) is 0 Å². The molecule has 0 fully saturated rings. The summed E-state index contributed by atoms with van der Waals surface area (Å²) < 4.78 is 12.5. The lowest BCUT2D eigenvalue weighted by atomic mass is 10.4. The van der Waals surface area contributed by atoms with E-state index in [-0.39, 0.29) is 10.9 Å². The maximum Gasteiger partial charge on any atom is 0.216 e. The minimum atomic E-state index is -0.289. The quantitative estimate of drug-likeness (QED) is 0.534. The van der Waals surface area contributed by atoms with Crippen LogP contribution in [0.2, 0.25) is 0 Å². The minimum Gasteiger partial charge on any atom is -0.282 e. The fourth-order valence-corrected chi connectivity index (χ4v) is 1.50. The molecule has 0 saturated carbocycles. The second kappa shape index (κ2) is 4.82. The Morgan fingerprint density at radius 1 is 1.38 bits per heavy atom. The van der Waals surface area contributed by atoms with Crippen LogP contribution >= 0.6 is 11.8 Å². The average Bonchev–Trinajstić information content (AvgIpc) is 2.09. The SMILES string of the molecule is C/C=C/C(=O)Sc1ccc(F)cc1. The van der Waals surface area contributed by atoms with Gasteiger partial charge in [0.2, 0.25) is 5.12 Å². The lowest BCUT2D eigenvalue weighted by Crippen LogP contribution is -1.84. The molecule has 0 aliphatic heterocycles. The van der Waals surface area contributed by atoms with Crippen molar-refractivity contribution in [2.24, 2.45) is 0 Å². The number of benzene rings is 1. The smallest absolute Gasteiger partial charge is 0.216 e. The van der Waals surface area contributed by atoms with Crippen LogP contribution < -0.4 is 0 Å². The molecule has 0 aromatic heterocycles. The van der Waals surface area contributed by atoms with Crippen LogP contribution in [-0.2, 0) is 4.79 Å². The highest BCUT2D eigenvalue weighted by Crippen LogP contribution is 2.19. The Morgan fingerprint density at radius 3 is 2.54 bits per heavy atom. The second-order valence-electron chi connectivity index (χ2n) is 2.38. The molecule has 0 saturated heterocycles. The first-order valence-corrected chi connectivity index (χ1v) is 4.64. The van der Waals surface area contributed by atoms with Crippen LogP contribution in [0, 0.1) is 5.82 Å². The predicted molar refractivity (Wildman–Crippen MR) is 52.1 cm³/mol. The average molecular weight is 196 g/mol. The van der Waals surface area contributed by atoms with Gasteiger partial charge in [-0.1, -0.05) is 6.08 Å². The summed E-state index contributed by atoms with van der Waals surface area (Å²) in [6, 6.07) is 5.85. The van der Waals surface area contributed by atoms with E-state index in [0.29, 0.717) is 0 Å². The third kappa shape index (κ3) is 3.42. The molecular formula is C10H9FOS. The third-order valence-corrected chi connectivity index (χ3v) is 2.18. The van der Waals surface area contributed by atoms with Gasteiger partial charge in [-0.2, -0.15) is 0 Å². The second-order valence-corrected chi connectivity index (χ2v) is 3.45. The van der Waals surface area contributed by atoms with Crippen molar-refractivity contribution in [3.63, 3.8) is 0 Å². The van der Waals surface area contributed by atoms with Gasteiger partial charge in [0.25, 0.3) is 0 Å². The summed E-state index contributed by atoms with van der Waals surface area (Å²) >= 11 is 1.08. The Hall–Kier alpha value is -1.09.